The lowest BCUT2D eigenvalue weighted by molar-refractivity contribution is 0.999. The van der Waals surface area contributed by atoms with Gasteiger partial charge in [-0.15, -0.1) is 0 Å². The molecule has 3 aromatic rings. The van der Waals surface area contributed by atoms with Crippen LogP contribution in [-0.4, -0.2) is 13.6 Å². The van der Waals surface area contributed by atoms with Gasteiger partial charge in [0, 0.05) is 25.0 Å². The minimum Gasteiger partial charge on any atom is -0.343 e. The minimum absolute atomic E-state index is 0.689. The van der Waals surface area contributed by atoms with E-state index in [1.165, 1.54) is 22.5 Å². The number of anilines is 4. The Morgan fingerprint density at radius 1 is 0.786 bits per heavy atom. The average Bonchev–Trinajstić information content (AvgIpc) is 2.70. The Bertz CT molecular complexity index is 1010. The summed E-state index contributed by atoms with van der Waals surface area (Å²) in [5.41, 5.74) is 9.00. The average molecular weight is 370 g/mol. The Balaban J connectivity index is 2.12. The van der Waals surface area contributed by atoms with Crippen LogP contribution < -0.4 is 9.80 Å². The van der Waals surface area contributed by atoms with Gasteiger partial charge in [0.2, 0.25) is 0 Å². The van der Waals surface area contributed by atoms with Crippen molar-refractivity contribution in [3.05, 3.63) is 82.9 Å². The molecule has 0 atom stereocenters. The predicted molar refractivity (Wildman–Crippen MR) is 119 cm³/mol. The lowest BCUT2D eigenvalue weighted by atomic mass is 10.1. The van der Waals surface area contributed by atoms with Crippen LogP contribution in [0.25, 0.3) is 0 Å². The summed E-state index contributed by atoms with van der Waals surface area (Å²) in [6.45, 7) is 9.46. The summed E-state index contributed by atoms with van der Waals surface area (Å²) in [6, 6.07) is 23.0. The quantitative estimate of drug-likeness (QED) is 0.520. The van der Waals surface area contributed by atoms with Gasteiger partial charge in [-0.25, -0.2) is 0 Å². The van der Waals surface area contributed by atoms with Crippen LogP contribution in [0.3, 0.4) is 0 Å². The molecule has 0 bridgehead atoms. The van der Waals surface area contributed by atoms with Crippen molar-refractivity contribution in [1.29, 1.82) is 5.26 Å². The van der Waals surface area contributed by atoms with E-state index in [1.54, 1.807) is 0 Å². The molecule has 3 nitrogen and oxygen atoms in total. The van der Waals surface area contributed by atoms with Gasteiger partial charge in [0.25, 0.3) is 0 Å². The van der Waals surface area contributed by atoms with Crippen molar-refractivity contribution in [2.24, 2.45) is 0 Å². The molecular weight excluding hydrogens is 342 g/mol. The maximum absolute atomic E-state index is 9.17. The van der Waals surface area contributed by atoms with Gasteiger partial charge in [0.05, 0.1) is 23.0 Å². The van der Waals surface area contributed by atoms with Crippen molar-refractivity contribution in [3.63, 3.8) is 0 Å². The van der Waals surface area contributed by atoms with Gasteiger partial charge in [0.15, 0.2) is 0 Å². The molecule has 0 N–H and O–H groups in total. The number of hydrogen-bond acceptors (Lipinski definition) is 3. The van der Waals surface area contributed by atoms with Gasteiger partial charge in [-0.2, -0.15) is 5.26 Å². The highest BCUT2D eigenvalue weighted by molar-refractivity contribution is 5.83. The normalized spacial score (nSPS) is 10.4. The van der Waals surface area contributed by atoms with Crippen LogP contribution in [0.4, 0.5) is 22.7 Å². The summed E-state index contributed by atoms with van der Waals surface area (Å²) in [5, 5.41) is 9.17. The molecule has 0 amide bonds. The van der Waals surface area contributed by atoms with Gasteiger partial charge < -0.3 is 9.80 Å². The SMILES string of the molecule is CCN(c1ccccc1N(C)c1ccc(C#N)cc1C)c1c(C)cccc1C. The van der Waals surface area contributed by atoms with Crippen molar-refractivity contribution >= 4 is 22.7 Å². The van der Waals surface area contributed by atoms with E-state index in [0.717, 1.165) is 23.5 Å². The van der Waals surface area contributed by atoms with E-state index in [4.69, 9.17) is 5.26 Å². The largest absolute Gasteiger partial charge is 0.343 e. The third-order valence-corrected chi connectivity index (χ3v) is 5.25. The van der Waals surface area contributed by atoms with Crippen LogP contribution in [0.5, 0.6) is 0 Å². The lowest BCUT2D eigenvalue weighted by Crippen LogP contribution is -2.22. The second kappa shape index (κ2) is 8.19. The molecule has 0 fully saturated rings. The summed E-state index contributed by atoms with van der Waals surface area (Å²) in [7, 11) is 2.09. The molecule has 0 aliphatic rings. The molecule has 0 saturated heterocycles. The number of rotatable bonds is 5. The number of aryl methyl sites for hydroxylation is 3. The van der Waals surface area contributed by atoms with Crippen molar-refractivity contribution in [3.8, 4) is 6.07 Å². The summed E-state index contributed by atoms with van der Waals surface area (Å²) in [4.78, 5) is 4.59. The number of benzene rings is 3. The fourth-order valence-corrected chi connectivity index (χ4v) is 3.89. The van der Waals surface area contributed by atoms with E-state index in [9.17, 15) is 0 Å². The molecule has 28 heavy (non-hydrogen) atoms. The first-order valence-electron chi connectivity index (χ1n) is 9.65. The number of para-hydroxylation sites is 3. The van der Waals surface area contributed by atoms with Crippen molar-refractivity contribution in [2.75, 3.05) is 23.4 Å². The summed E-state index contributed by atoms with van der Waals surface area (Å²) in [6.07, 6.45) is 0. The van der Waals surface area contributed by atoms with Gasteiger partial charge >= 0.3 is 0 Å². The molecule has 0 aliphatic heterocycles. The van der Waals surface area contributed by atoms with E-state index in [0.29, 0.717) is 5.56 Å². The Kier molecular flexibility index (Phi) is 5.70. The van der Waals surface area contributed by atoms with Gasteiger partial charge in [0.1, 0.15) is 0 Å². The minimum atomic E-state index is 0.689. The van der Waals surface area contributed by atoms with Crippen molar-refractivity contribution in [1.82, 2.24) is 0 Å². The zero-order chi connectivity index (χ0) is 20.3. The van der Waals surface area contributed by atoms with E-state index < -0.39 is 0 Å². The molecule has 0 aliphatic carbocycles. The van der Waals surface area contributed by atoms with Crippen LogP contribution in [0.2, 0.25) is 0 Å². The molecular formula is C25H27N3. The maximum atomic E-state index is 9.17. The first-order valence-corrected chi connectivity index (χ1v) is 9.65. The molecule has 0 aromatic heterocycles. The van der Waals surface area contributed by atoms with E-state index >= 15 is 0 Å². The summed E-state index contributed by atoms with van der Waals surface area (Å²) < 4.78 is 0. The predicted octanol–water partition coefficient (Wildman–Crippen LogP) is 6.41. The summed E-state index contributed by atoms with van der Waals surface area (Å²) >= 11 is 0. The molecule has 0 radical (unpaired) electrons. The monoisotopic (exact) mass is 369 g/mol. The molecule has 142 valence electrons. The number of nitriles is 1. The Morgan fingerprint density at radius 2 is 1.43 bits per heavy atom. The molecule has 3 rings (SSSR count). The number of nitrogens with zero attached hydrogens (tertiary/aromatic N) is 3. The second-order valence-corrected chi connectivity index (χ2v) is 7.15. The molecule has 0 spiro atoms. The molecule has 3 heteroatoms. The van der Waals surface area contributed by atoms with Gasteiger partial charge in [-0.1, -0.05) is 30.3 Å². The van der Waals surface area contributed by atoms with Crippen molar-refractivity contribution < 1.29 is 0 Å². The third kappa shape index (κ3) is 3.59. The van der Waals surface area contributed by atoms with Crippen LogP contribution in [0, 0.1) is 32.1 Å². The van der Waals surface area contributed by atoms with E-state index in [-0.39, 0.29) is 0 Å². The smallest absolute Gasteiger partial charge is 0.0991 e. The Morgan fingerprint density at radius 3 is 2.00 bits per heavy atom. The lowest BCUT2D eigenvalue weighted by Gasteiger charge is -2.32. The van der Waals surface area contributed by atoms with Crippen LogP contribution in [0.1, 0.15) is 29.2 Å². The van der Waals surface area contributed by atoms with Gasteiger partial charge in [-0.05, 0) is 74.7 Å². The summed E-state index contributed by atoms with van der Waals surface area (Å²) in [5.74, 6) is 0. The third-order valence-electron chi connectivity index (χ3n) is 5.25. The molecule has 3 aromatic carbocycles. The maximum Gasteiger partial charge on any atom is 0.0991 e. The van der Waals surface area contributed by atoms with Crippen LogP contribution in [-0.2, 0) is 0 Å². The first kappa shape index (κ1) is 19.5. The fourth-order valence-electron chi connectivity index (χ4n) is 3.89. The van der Waals surface area contributed by atoms with Crippen molar-refractivity contribution in [2.45, 2.75) is 27.7 Å². The number of hydrogen-bond donors (Lipinski definition) is 0. The Hall–Kier alpha value is -3.25. The van der Waals surface area contributed by atoms with E-state index in [1.807, 2.05) is 18.2 Å². The highest BCUT2D eigenvalue weighted by atomic mass is 15.2. The second-order valence-electron chi connectivity index (χ2n) is 7.15. The topological polar surface area (TPSA) is 30.3 Å². The van der Waals surface area contributed by atoms with E-state index in [2.05, 4.69) is 93.1 Å². The van der Waals surface area contributed by atoms with Crippen LogP contribution in [0.15, 0.2) is 60.7 Å². The first-order chi connectivity index (χ1) is 13.5. The molecule has 0 unspecified atom stereocenters. The highest BCUT2D eigenvalue weighted by Crippen LogP contribution is 2.39. The molecule has 0 heterocycles. The highest BCUT2D eigenvalue weighted by Gasteiger charge is 2.18. The Labute approximate surface area is 168 Å². The zero-order valence-electron chi connectivity index (χ0n) is 17.3. The fraction of sp³-hybridized carbons (Fsp3) is 0.240. The standard InChI is InChI=1S/C25H27N3/c1-6-28(25-18(2)10-9-11-19(25)3)24-13-8-7-12-23(24)27(5)22-15-14-21(17-26)16-20(22)4/h7-16H,6H2,1-5H3. The van der Waals surface area contributed by atoms with Crippen LogP contribution >= 0.6 is 0 Å². The van der Waals surface area contributed by atoms with Gasteiger partial charge in [-0.3, -0.25) is 0 Å². The molecule has 0 saturated carbocycles. The zero-order valence-corrected chi connectivity index (χ0v) is 17.3.